The van der Waals surface area contributed by atoms with Crippen LogP contribution >= 0.6 is 23.1 Å². The summed E-state index contributed by atoms with van der Waals surface area (Å²) in [6, 6.07) is 2.66. The second-order valence-electron chi connectivity index (χ2n) is 3.10. The second kappa shape index (κ2) is 7.10. The molecule has 0 fully saturated rings. The zero-order valence-corrected chi connectivity index (χ0v) is 10.2. The van der Waals surface area contributed by atoms with Gasteiger partial charge in [-0.05, 0) is 29.3 Å². The van der Waals surface area contributed by atoms with E-state index in [2.05, 4.69) is 35.6 Å². The Kier molecular flexibility index (Phi) is 5.99. The number of rotatable bonds is 7. The standard InChI is InChI=1S/C11H17NS2/c1-3-6-13-8-5-12-10(2)11-4-7-14-9-11/h3-4,7,9-10,12H,1,5-6,8H2,2H3. The van der Waals surface area contributed by atoms with E-state index in [0.717, 1.165) is 18.1 Å². The first-order chi connectivity index (χ1) is 6.84. The summed E-state index contributed by atoms with van der Waals surface area (Å²) < 4.78 is 0. The molecule has 1 aromatic rings. The van der Waals surface area contributed by atoms with Gasteiger partial charge in [-0.3, -0.25) is 0 Å². The van der Waals surface area contributed by atoms with E-state index in [-0.39, 0.29) is 0 Å². The van der Waals surface area contributed by atoms with Crippen LogP contribution in [0.5, 0.6) is 0 Å². The van der Waals surface area contributed by atoms with Crippen molar-refractivity contribution in [3.63, 3.8) is 0 Å². The summed E-state index contributed by atoms with van der Waals surface area (Å²) in [5, 5.41) is 7.82. The van der Waals surface area contributed by atoms with Crippen molar-refractivity contribution in [1.82, 2.24) is 5.32 Å². The SMILES string of the molecule is C=CCSCCNC(C)c1ccsc1. The lowest BCUT2D eigenvalue weighted by atomic mass is 10.2. The number of hydrogen-bond acceptors (Lipinski definition) is 3. The molecule has 78 valence electrons. The monoisotopic (exact) mass is 227 g/mol. The maximum absolute atomic E-state index is 3.69. The predicted molar refractivity (Wildman–Crippen MR) is 68.3 cm³/mol. The summed E-state index contributed by atoms with van der Waals surface area (Å²) in [6.07, 6.45) is 1.95. The van der Waals surface area contributed by atoms with Crippen molar-refractivity contribution >= 4 is 23.1 Å². The smallest absolute Gasteiger partial charge is 0.0300 e. The first-order valence-electron chi connectivity index (χ1n) is 4.78. The minimum absolute atomic E-state index is 0.477. The fourth-order valence-corrected chi connectivity index (χ4v) is 2.50. The summed E-state index contributed by atoms with van der Waals surface area (Å²) >= 11 is 3.67. The van der Waals surface area contributed by atoms with Crippen molar-refractivity contribution in [2.75, 3.05) is 18.1 Å². The number of nitrogens with one attached hydrogen (secondary N) is 1. The molecule has 0 bridgehead atoms. The van der Waals surface area contributed by atoms with Crippen LogP contribution in [0.2, 0.25) is 0 Å². The van der Waals surface area contributed by atoms with Crippen LogP contribution in [0.4, 0.5) is 0 Å². The van der Waals surface area contributed by atoms with Gasteiger partial charge in [-0.2, -0.15) is 23.1 Å². The highest BCUT2D eigenvalue weighted by Crippen LogP contribution is 2.15. The molecule has 1 unspecified atom stereocenters. The molecular weight excluding hydrogens is 210 g/mol. The van der Waals surface area contributed by atoms with Gasteiger partial charge in [-0.15, -0.1) is 6.58 Å². The topological polar surface area (TPSA) is 12.0 Å². The molecule has 0 aromatic carbocycles. The Bertz CT molecular complexity index is 244. The van der Waals surface area contributed by atoms with Gasteiger partial charge >= 0.3 is 0 Å². The predicted octanol–water partition coefficient (Wildman–Crippen LogP) is 3.32. The van der Waals surface area contributed by atoms with E-state index in [1.807, 2.05) is 17.8 Å². The van der Waals surface area contributed by atoms with Crippen molar-refractivity contribution in [1.29, 1.82) is 0 Å². The van der Waals surface area contributed by atoms with E-state index in [4.69, 9.17) is 0 Å². The van der Waals surface area contributed by atoms with E-state index in [1.54, 1.807) is 11.3 Å². The summed E-state index contributed by atoms with van der Waals surface area (Å²) in [5.41, 5.74) is 1.39. The highest BCUT2D eigenvalue weighted by Gasteiger charge is 2.03. The van der Waals surface area contributed by atoms with Gasteiger partial charge in [0.1, 0.15) is 0 Å². The minimum Gasteiger partial charge on any atom is -0.309 e. The molecule has 0 saturated carbocycles. The van der Waals surface area contributed by atoms with Gasteiger partial charge in [-0.1, -0.05) is 6.08 Å². The normalized spacial score (nSPS) is 12.6. The molecule has 0 amide bonds. The molecule has 0 aliphatic carbocycles. The lowest BCUT2D eigenvalue weighted by Gasteiger charge is -2.11. The summed E-state index contributed by atoms with van der Waals surface area (Å²) in [5.74, 6) is 2.20. The fourth-order valence-electron chi connectivity index (χ4n) is 1.15. The zero-order valence-electron chi connectivity index (χ0n) is 8.53. The second-order valence-corrected chi connectivity index (χ2v) is 5.03. The molecule has 0 aliphatic heterocycles. The van der Waals surface area contributed by atoms with E-state index in [0.29, 0.717) is 6.04 Å². The number of thioether (sulfide) groups is 1. The zero-order chi connectivity index (χ0) is 10.2. The maximum atomic E-state index is 3.69. The van der Waals surface area contributed by atoms with Crippen molar-refractivity contribution in [2.24, 2.45) is 0 Å². The Balaban J connectivity index is 2.10. The lowest BCUT2D eigenvalue weighted by molar-refractivity contribution is 0.603. The summed E-state index contributed by atoms with van der Waals surface area (Å²) in [6.45, 7) is 6.97. The molecule has 0 aliphatic rings. The van der Waals surface area contributed by atoms with Crippen molar-refractivity contribution in [3.8, 4) is 0 Å². The minimum atomic E-state index is 0.477. The highest BCUT2D eigenvalue weighted by atomic mass is 32.2. The first-order valence-corrected chi connectivity index (χ1v) is 6.88. The Morgan fingerprint density at radius 2 is 2.57 bits per heavy atom. The van der Waals surface area contributed by atoms with Crippen LogP contribution in [0, 0.1) is 0 Å². The average Bonchev–Trinajstić information content (AvgIpc) is 2.70. The number of thiophene rings is 1. The van der Waals surface area contributed by atoms with Crippen LogP contribution in [0.3, 0.4) is 0 Å². The maximum Gasteiger partial charge on any atom is 0.0300 e. The molecule has 1 aromatic heterocycles. The van der Waals surface area contributed by atoms with Crippen LogP contribution in [0.15, 0.2) is 29.5 Å². The third-order valence-electron chi connectivity index (χ3n) is 1.98. The fraction of sp³-hybridized carbons (Fsp3) is 0.455. The van der Waals surface area contributed by atoms with Crippen LogP contribution in [-0.2, 0) is 0 Å². The van der Waals surface area contributed by atoms with Crippen LogP contribution in [0.25, 0.3) is 0 Å². The van der Waals surface area contributed by atoms with Crippen molar-refractivity contribution < 1.29 is 0 Å². The number of hydrogen-bond donors (Lipinski definition) is 1. The van der Waals surface area contributed by atoms with E-state index >= 15 is 0 Å². The van der Waals surface area contributed by atoms with E-state index in [1.165, 1.54) is 5.56 Å². The molecule has 3 heteroatoms. The molecule has 1 N–H and O–H groups in total. The molecule has 0 radical (unpaired) electrons. The molecule has 1 atom stereocenters. The molecule has 0 spiro atoms. The van der Waals surface area contributed by atoms with Gasteiger partial charge in [0.2, 0.25) is 0 Å². The van der Waals surface area contributed by atoms with Crippen LogP contribution in [0.1, 0.15) is 18.5 Å². The quantitative estimate of drug-likeness (QED) is 0.566. The first kappa shape index (κ1) is 11.8. The Morgan fingerprint density at radius 1 is 1.71 bits per heavy atom. The van der Waals surface area contributed by atoms with Gasteiger partial charge in [0.25, 0.3) is 0 Å². The van der Waals surface area contributed by atoms with Crippen molar-refractivity contribution in [3.05, 3.63) is 35.0 Å². The largest absolute Gasteiger partial charge is 0.309 e. The summed E-state index contributed by atoms with van der Waals surface area (Å²) in [4.78, 5) is 0. The molecule has 0 saturated heterocycles. The van der Waals surface area contributed by atoms with Crippen LogP contribution in [-0.4, -0.2) is 18.1 Å². The molecule has 14 heavy (non-hydrogen) atoms. The Hall–Kier alpha value is -0.250. The lowest BCUT2D eigenvalue weighted by Crippen LogP contribution is -2.20. The van der Waals surface area contributed by atoms with Gasteiger partial charge in [0.15, 0.2) is 0 Å². The Morgan fingerprint density at radius 3 is 3.21 bits per heavy atom. The molecule has 1 nitrogen and oxygen atoms in total. The van der Waals surface area contributed by atoms with Crippen molar-refractivity contribution in [2.45, 2.75) is 13.0 Å². The van der Waals surface area contributed by atoms with Crippen LogP contribution < -0.4 is 5.32 Å². The Labute approximate surface area is 94.6 Å². The highest BCUT2D eigenvalue weighted by molar-refractivity contribution is 7.99. The third kappa shape index (κ3) is 4.31. The van der Waals surface area contributed by atoms with Gasteiger partial charge in [0, 0.05) is 24.1 Å². The molecule has 1 rings (SSSR count). The van der Waals surface area contributed by atoms with Gasteiger partial charge in [0.05, 0.1) is 0 Å². The van der Waals surface area contributed by atoms with E-state index < -0.39 is 0 Å². The third-order valence-corrected chi connectivity index (χ3v) is 3.64. The van der Waals surface area contributed by atoms with E-state index in [9.17, 15) is 0 Å². The molecular formula is C11H17NS2. The van der Waals surface area contributed by atoms with Gasteiger partial charge < -0.3 is 5.32 Å². The summed E-state index contributed by atoms with van der Waals surface area (Å²) in [7, 11) is 0. The average molecular weight is 227 g/mol. The molecule has 1 heterocycles. The van der Waals surface area contributed by atoms with Gasteiger partial charge in [-0.25, -0.2) is 0 Å².